The van der Waals surface area contributed by atoms with Crippen molar-refractivity contribution in [3.8, 4) is 0 Å². The van der Waals surface area contributed by atoms with Crippen molar-refractivity contribution >= 4 is 43.3 Å². The highest BCUT2D eigenvalue weighted by molar-refractivity contribution is 9.10. The molecule has 1 aromatic carbocycles. The molecule has 0 radical (unpaired) electrons. The van der Waals surface area contributed by atoms with Crippen molar-refractivity contribution in [3.63, 3.8) is 0 Å². The maximum absolute atomic E-state index is 13.1. The van der Waals surface area contributed by atoms with Crippen molar-refractivity contribution in [2.75, 3.05) is 0 Å². The Morgan fingerprint density at radius 3 is 2.71 bits per heavy atom. The van der Waals surface area contributed by atoms with Crippen LogP contribution in [0.5, 0.6) is 0 Å². The molecule has 2 aromatic rings. The number of hydrogen-bond acceptors (Lipinski definition) is 4. The Labute approximate surface area is 132 Å². The van der Waals surface area contributed by atoms with Crippen molar-refractivity contribution in [1.82, 2.24) is 4.72 Å². The van der Waals surface area contributed by atoms with Crippen LogP contribution in [0.15, 0.2) is 39.0 Å². The molecular formula is C12H9BrFNO4S2. The molecular weight excluding hydrogens is 385 g/mol. The molecule has 0 aliphatic rings. The number of halogens is 2. The summed E-state index contributed by atoms with van der Waals surface area (Å²) in [6.45, 7) is -0.112. The molecule has 112 valence electrons. The lowest BCUT2D eigenvalue weighted by Gasteiger charge is -2.07. The summed E-state index contributed by atoms with van der Waals surface area (Å²) in [7, 11) is -3.85. The first-order valence-corrected chi connectivity index (χ1v) is 8.70. The van der Waals surface area contributed by atoms with Gasteiger partial charge in [-0.25, -0.2) is 22.3 Å². The number of thiophene rings is 1. The Balaban J connectivity index is 2.17. The summed E-state index contributed by atoms with van der Waals surface area (Å²) in [6, 6.07) is 5.02. The molecule has 0 amide bonds. The normalized spacial score (nSPS) is 11.5. The average Bonchev–Trinajstić information content (AvgIpc) is 2.90. The van der Waals surface area contributed by atoms with Gasteiger partial charge in [-0.05, 0) is 29.8 Å². The molecule has 2 rings (SSSR count). The number of sulfonamides is 1. The second kappa shape index (κ2) is 6.22. The van der Waals surface area contributed by atoms with Gasteiger partial charge < -0.3 is 5.11 Å². The van der Waals surface area contributed by atoms with Crippen LogP contribution in [0.3, 0.4) is 0 Å². The second-order valence-corrected chi connectivity index (χ2v) is 7.54. The fraction of sp³-hybridized carbons (Fsp3) is 0.0833. The molecule has 0 unspecified atom stereocenters. The zero-order valence-electron chi connectivity index (χ0n) is 10.3. The summed E-state index contributed by atoms with van der Waals surface area (Å²) in [5.41, 5.74) is 0.437. The van der Waals surface area contributed by atoms with Gasteiger partial charge in [-0.2, -0.15) is 0 Å². The molecule has 0 saturated heterocycles. The average molecular weight is 394 g/mol. The van der Waals surface area contributed by atoms with Crippen LogP contribution in [-0.2, 0) is 16.6 Å². The van der Waals surface area contributed by atoms with E-state index in [4.69, 9.17) is 5.11 Å². The summed E-state index contributed by atoms with van der Waals surface area (Å²) in [5, 5.41) is 10.0. The number of carboxylic acids is 1. The van der Waals surface area contributed by atoms with Gasteiger partial charge in [0, 0.05) is 16.4 Å². The lowest BCUT2D eigenvalue weighted by Crippen LogP contribution is -2.23. The maximum atomic E-state index is 13.1. The fourth-order valence-corrected chi connectivity index (χ4v) is 4.01. The van der Waals surface area contributed by atoms with Crippen molar-refractivity contribution in [2.24, 2.45) is 0 Å². The minimum atomic E-state index is -3.85. The van der Waals surface area contributed by atoms with Gasteiger partial charge in [0.05, 0.1) is 4.90 Å². The monoisotopic (exact) mass is 393 g/mol. The van der Waals surface area contributed by atoms with E-state index in [-0.39, 0.29) is 16.3 Å². The van der Waals surface area contributed by atoms with Gasteiger partial charge in [-0.3, -0.25) is 0 Å². The lowest BCUT2D eigenvalue weighted by molar-refractivity contribution is 0.0702. The third-order valence-electron chi connectivity index (χ3n) is 2.56. The summed E-state index contributed by atoms with van der Waals surface area (Å²) >= 11 is 4.02. The minimum Gasteiger partial charge on any atom is -0.477 e. The molecule has 0 aliphatic carbocycles. The first-order valence-electron chi connectivity index (χ1n) is 5.55. The van der Waals surface area contributed by atoms with E-state index in [0.717, 1.165) is 17.4 Å². The summed E-state index contributed by atoms with van der Waals surface area (Å²) in [5.74, 6) is -1.66. The standard InChI is InChI=1S/C12H9BrFNO4S2/c13-10-2-1-8(14)3-7(10)5-15-21(18,19)9-4-11(12(16)17)20-6-9/h1-4,6,15H,5H2,(H,16,17). The van der Waals surface area contributed by atoms with Crippen LogP contribution < -0.4 is 4.72 Å². The molecule has 9 heteroatoms. The van der Waals surface area contributed by atoms with Crippen molar-refractivity contribution in [2.45, 2.75) is 11.4 Å². The van der Waals surface area contributed by atoms with Crippen molar-refractivity contribution in [1.29, 1.82) is 0 Å². The van der Waals surface area contributed by atoms with Gasteiger partial charge in [0.2, 0.25) is 10.0 Å². The largest absolute Gasteiger partial charge is 0.477 e. The van der Waals surface area contributed by atoms with Crippen LogP contribution in [-0.4, -0.2) is 19.5 Å². The van der Waals surface area contributed by atoms with Crippen molar-refractivity contribution < 1.29 is 22.7 Å². The highest BCUT2D eigenvalue weighted by Gasteiger charge is 2.18. The molecule has 0 aliphatic heterocycles. The van der Waals surface area contributed by atoms with Gasteiger partial charge in [-0.15, -0.1) is 11.3 Å². The van der Waals surface area contributed by atoms with E-state index in [9.17, 15) is 17.6 Å². The minimum absolute atomic E-state index is 0.0673. The molecule has 0 spiro atoms. The summed E-state index contributed by atoms with van der Waals surface area (Å²) in [4.78, 5) is 10.6. The van der Waals surface area contributed by atoms with Crippen LogP contribution >= 0.6 is 27.3 Å². The number of rotatable bonds is 5. The number of carbonyl (C=O) groups is 1. The SMILES string of the molecule is O=C(O)c1cc(S(=O)(=O)NCc2cc(F)ccc2Br)cs1. The second-order valence-electron chi connectivity index (χ2n) is 4.01. The lowest BCUT2D eigenvalue weighted by atomic mass is 10.2. The number of nitrogens with one attached hydrogen (secondary N) is 1. The number of benzene rings is 1. The number of aromatic carboxylic acids is 1. The van der Waals surface area contributed by atoms with Gasteiger partial charge >= 0.3 is 5.97 Å². The molecule has 5 nitrogen and oxygen atoms in total. The van der Waals surface area contributed by atoms with E-state index in [2.05, 4.69) is 20.7 Å². The predicted octanol–water partition coefficient (Wildman–Crippen LogP) is 2.83. The maximum Gasteiger partial charge on any atom is 0.345 e. The predicted molar refractivity (Wildman–Crippen MR) is 79.4 cm³/mol. The third-order valence-corrected chi connectivity index (χ3v) is 5.78. The molecule has 0 atom stereocenters. The van der Waals surface area contributed by atoms with E-state index >= 15 is 0 Å². The highest BCUT2D eigenvalue weighted by Crippen LogP contribution is 2.21. The highest BCUT2D eigenvalue weighted by atomic mass is 79.9. The smallest absolute Gasteiger partial charge is 0.345 e. The molecule has 0 bridgehead atoms. The molecule has 0 fully saturated rings. The van der Waals surface area contributed by atoms with Crippen LogP contribution in [0.25, 0.3) is 0 Å². The fourth-order valence-electron chi connectivity index (χ4n) is 1.51. The molecule has 0 saturated carbocycles. The van der Waals surface area contributed by atoms with E-state index in [1.807, 2.05) is 0 Å². The van der Waals surface area contributed by atoms with Crippen LogP contribution in [0.4, 0.5) is 4.39 Å². The van der Waals surface area contributed by atoms with Gasteiger partial charge in [0.1, 0.15) is 10.7 Å². The van der Waals surface area contributed by atoms with Gasteiger partial charge in [0.15, 0.2) is 0 Å². The van der Waals surface area contributed by atoms with E-state index in [1.165, 1.54) is 23.6 Å². The molecule has 1 heterocycles. The van der Waals surface area contributed by atoms with Crippen molar-refractivity contribution in [3.05, 3.63) is 50.4 Å². The topological polar surface area (TPSA) is 83.5 Å². The number of hydrogen-bond donors (Lipinski definition) is 2. The zero-order valence-corrected chi connectivity index (χ0v) is 13.6. The first-order chi connectivity index (χ1) is 9.79. The summed E-state index contributed by atoms with van der Waals surface area (Å²) in [6.07, 6.45) is 0. The third kappa shape index (κ3) is 3.88. The Bertz CT molecular complexity index is 788. The number of carboxylic acid groups (broad SMARTS) is 1. The summed E-state index contributed by atoms with van der Waals surface area (Å²) < 4.78 is 40.1. The zero-order chi connectivity index (χ0) is 15.6. The molecule has 2 N–H and O–H groups in total. The molecule has 21 heavy (non-hydrogen) atoms. The van der Waals surface area contributed by atoms with E-state index < -0.39 is 21.8 Å². The Kier molecular flexibility index (Phi) is 4.77. The quantitative estimate of drug-likeness (QED) is 0.817. The van der Waals surface area contributed by atoms with Crippen LogP contribution in [0.2, 0.25) is 0 Å². The van der Waals surface area contributed by atoms with Crippen LogP contribution in [0, 0.1) is 5.82 Å². The first kappa shape index (κ1) is 16.1. The Morgan fingerprint density at radius 1 is 1.38 bits per heavy atom. The van der Waals surface area contributed by atoms with Gasteiger partial charge in [0.25, 0.3) is 0 Å². The van der Waals surface area contributed by atoms with Crippen LogP contribution in [0.1, 0.15) is 15.2 Å². The Hall–Kier alpha value is -1.29. The van der Waals surface area contributed by atoms with Gasteiger partial charge in [-0.1, -0.05) is 15.9 Å². The van der Waals surface area contributed by atoms with E-state index in [1.54, 1.807) is 0 Å². The van der Waals surface area contributed by atoms with E-state index in [0.29, 0.717) is 10.0 Å². The molecule has 1 aromatic heterocycles. The Morgan fingerprint density at radius 2 is 2.10 bits per heavy atom.